The van der Waals surface area contributed by atoms with Crippen LogP contribution in [-0.4, -0.2) is 4.57 Å². The Morgan fingerprint density at radius 1 is 1.13 bits per heavy atom. The average Bonchev–Trinajstić information content (AvgIpc) is 2.72. The Hall–Kier alpha value is -1.50. The zero-order valence-corrected chi connectivity index (χ0v) is 9.03. The molecule has 1 aromatic carbocycles. The van der Waals surface area contributed by atoms with Gasteiger partial charge in [0, 0.05) is 12.7 Å². The van der Waals surface area contributed by atoms with Gasteiger partial charge in [-0.3, -0.25) is 0 Å². The minimum Gasteiger partial charge on any atom is -0.348 e. The van der Waals surface area contributed by atoms with Crippen molar-refractivity contribution in [2.75, 3.05) is 0 Å². The number of hydrogen-bond acceptors (Lipinski definition) is 0. The van der Waals surface area contributed by atoms with E-state index >= 15 is 0 Å². The fraction of sp³-hybridized carbons (Fsp3) is 0.286. The molecule has 1 aliphatic rings. The first kappa shape index (κ1) is 8.78. The van der Waals surface area contributed by atoms with Crippen LogP contribution in [0.4, 0.5) is 0 Å². The molecule has 0 saturated carbocycles. The molecule has 1 nitrogen and oxygen atoms in total. The monoisotopic (exact) mass is 197 g/mol. The summed E-state index contributed by atoms with van der Waals surface area (Å²) in [7, 11) is 0. The van der Waals surface area contributed by atoms with Crippen LogP contribution in [0.1, 0.15) is 18.1 Å². The molecule has 0 saturated heterocycles. The van der Waals surface area contributed by atoms with E-state index in [0.29, 0.717) is 0 Å². The number of fused-ring (bicyclic) bond motifs is 3. The molecule has 0 N–H and O–H groups in total. The van der Waals surface area contributed by atoms with Crippen LogP contribution in [0.25, 0.3) is 10.9 Å². The number of allylic oxidation sites excluding steroid dienone is 2. The van der Waals surface area contributed by atoms with E-state index in [2.05, 4.69) is 48.0 Å². The molecule has 0 aliphatic heterocycles. The van der Waals surface area contributed by atoms with Gasteiger partial charge in [-0.2, -0.15) is 0 Å². The van der Waals surface area contributed by atoms with Crippen molar-refractivity contribution in [3.8, 4) is 0 Å². The molecule has 1 heterocycles. The van der Waals surface area contributed by atoms with E-state index in [0.717, 1.165) is 19.4 Å². The molecule has 15 heavy (non-hydrogen) atoms. The van der Waals surface area contributed by atoms with Crippen molar-refractivity contribution in [3.63, 3.8) is 0 Å². The molecule has 0 spiro atoms. The lowest BCUT2D eigenvalue weighted by molar-refractivity contribution is 0.793. The van der Waals surface area contributed by atoms with E-state index < -0.39 is 0 Å². The molecule has 1 aliphatic carbocycles. The van der Waals surface area contributed by atoms with Crippen LogP contribution in [0.2, 0.25) is 0 Å². The summed E-state index contributed by atoms with van der Waals surface area (Å²) < 4.78 is 2.35. The molecule has 0 unspecified atom stereocenters. The Bertz CT molecular complexity index is 532. The minimum atomic E-state index is 1.06. The molecule has 2 aromatic rings. The normalized spacial score (nSPS) is 14.5. The molecule has 0 bridgehead atoms. The maximum atomic E-state index is 2.35. The second kappa shape index (κ2) is 3.27. The fourth-order valence-electron chi connectivity index (χ4n) is 2.51. The molecular weight excluding hydrogens is 182 g/mol. The predicted molar refractivity (Wildman–Crippen MR) is 64.2 cm³/mol. The minimum absolute atomic E-state index is 1.06. The highest BCUT2D eigenvalue weighted by atomic mass is 14.9. The van der Waals surface area contributed by atoms with E-state index in [-0.39, 0.29) is 0 Å². The SMILES string of the molecule is CCn1ccc2ccc3c(c21)CC=CC3. The number of rotatable bonds is 1. The second-order valence-electron chi connectivity index (χ2n) is 4.12. The summed E-state index contributed by atoms with van der Waals surface area (Å²) in [5.74, 6) is 0. The van der Waals surface area contributed by atoms with Gasteiger partial charge in [-0.15, -0.1) is 0 Å². The summed E-state index contributed by atoms with van der Waals surface area (Å²) >= 11 is 0. The van der Waals surface area contributed by atoms with Crippen LogP contribution in [0.5, 0.6) is 0 Å². The Morgan fingerprint density at radius 2 is 2.00 bits per heavy atom. The molecule has 3 rings (SSSR count). The number of nitrogens with zero attached hydrogens (tertiary/aromatic N) is 1. The van der Waals surface area contributed by atoms with E-state index in [1.54, 1.807) is 0 Å². The van der Waals surface area contributed by atoms with Gasteiger partial charge >= 0.3 is 0 Å². The molecular formula is C14H15N. The maximum absolute atomic E-state index is 2.35. The van der Waals surface area contributed by atoms with E-state index in [9.17, 15) is 0 Å². The van der Waals surface area contributed by atoms with Crippen molar-refractivity contribution in [1.29, 1.82) is 0 Å². The molecule has 0 fully saturated rings. The number of aryl methyl sites for hydroxylation is 1. The topological polar surface area (TPSA) is 4.93 Å². The smallest absolute Gasteiger partial charge is 0.0518 e. The van der Waals surface area contributed by atoms with Gasteiger partial charge in [-0.1, -0.05) is 24.3 Å². The van der Waals surface area contributed by atoms with Crippen LogP contribution < -0.4 is 0 Å². The van der Waals surface area contributed by atoms with Crippen molar-refractivity contribution < 1.29 is 0 Å². The van der Waals surface area contributed by atoms with Gasteiger partial charge in [0.2, 0.25) is 0 Å². The van der Waals surface area contributed by atoms with Gasteiger partial charge < -0.3 is 4.57 Å². The average molecular weight is 197 g/mol. The summed E-state index contributed by atoms with van der Waals surface area (Å²) in [6.45, 7) is 3.27. The molecule has 0 atom stereocenters. The summed E-state index contributed by atoms with van der Waals surface area (Å²) in [4.78, 5) is 0. The van der Waals surface area contributed by atoms with Crippen LogP contribution in [0.3, 0.4) is 0 Å². The number of hydrogen-bond donors (Lipinski definition) is 0. The Balaban J connectivity index is 2.35. The third-order valence-electron chi connectivity index (χ3n) is 3.30. The first-order valence-electron chi connectivity index (χ1n) is 5.64. The lowest BCUT2D eigenvalue weighted by atomic mass is 9.95. The highest BCUT2D eigenvalue weighted by Crippen LogP contribution is 2.27. The number of aromatic nitrogens is 1. The van der Waals surface area contributed by atoms with Gasteiger partial charge in [0.1, 0.15) is 0 Å². The summed E-state index contributed by atoms with van der Waals surface area (Å²) in [5.41, 5.74) is 4.47. The lowest BCUT2D eigenvalue weighted by Gasteiger charge is -2.14. The van der Waals surface area contributed by atoms with Crippen LogP contribution in [0.15, 0.2) is 36.5 Å². The first-order chi connectivity index (χ1) is 7.40. The fourth-order valence-corrected chi connectivity index (χ4v) is 2.51. The highest BCUT2D eigenvalue weighted by molar-refractivity contribution is 5.85. The molecule has 0 amide bonds. The molecule has 1 heteroatoms. The van der Waals surface area contributed by atoms with Crippen LogP contribution in [-0.2, 0) is 19.4 Å². The molecule has 76 valence electrons. The summed E-state index contributed by atoms with van der Waals surface area (Å²) in [5, 5.41) is 1.38. The molecule has 1 aromatic heterocycles. The zero-order valence-electron chi connectivity index (χ0n) is 9.03. The van der Waals surface area contributed by atoms with Crippen molar-refractivity contribution in [2.24, 2.45) is 0 Å². The van der Waals surface area contributed by atoms with Crippen molar-refractivity contribution >= 4 is 10.9 Å². The van der Waals surface area contributed by atoms with Gasteiger partial charge in [0.25, 0.3) is 0 Å². The molecule has 0 radical (unpaired) electrons. The summed E-state index contributed by atoms with van der Waals surface area (Å²) in [6, 6.07) is 6.75. The lowest BCUT2D eigenvalue weighted by Crippen LogP contribution is -2.02. The maximum Gasteiger partial charge on any atom is 0.0518 e. The van der Waals surface area contributed by atoms with Gasteiger partial charge in [0.05, 0.1) is 5.52 Å². The standard InChI is InChI=1S/C14H15N/c1-2-15-10-9-12-8-7-11-5-3-4-6-13(11)14(12)15/h3-4,7-10H,2,5-6H2,1H3. The predicted octanol–water partition coefficient (Wildman–Crippen LogP) is 3.32. The Morgan fingerprint density at radius 3 is 2.87 bits per heavy atom. The highest BCUT2D eigenvalue weighted by Gasteiger charge is 2.11. The van der Waals surface area contributed by atoms with Gasteiger partial charge in [-0.25, -0.2) is 0 Å². The summed E-state index contributed by atoms with van der Waals surface area (Å²) in [6.07, 6.45) is 8.95. The van der Waals surface area contributed by atoms with Crippen LogP contribution in [0, 0.1) is 0 Å². The van der Waals surface area contributed by atoms with Crippen LogP contribution >= 0.6 is 0 Å². The van der Waals surface area contributed by atoms with Crippen molar-refractivity contribution in [1.82, 2.24) is 4.57 Å². The van der Waals surface area contributed by atoms with E-state index in [4.69, 9.17) is 0 Å². The van der Waals surface area contributed by atoms with Gasteiger partial charge in [0.15, 0.2) is 0 Å². The third kappa shape index (κ3) is 1.23. The Kier molecular flexibility index (Phi) is 1.91. The largest absolute Gasteiger partial charge is 0.348 e. The third-order valence-corrected chi connectivity index (χ3v) is 3.30. The van der Waals surface area contributed by atoms with E-state index in [1.165, 1.54) is 22.0 Å². The van der Waals surface area contributed by atoms with Crippen molar-refractivity contribution in [2.45, 2.75) is 26.3 Å². The zero-order chi connectivity index (χ0) is 10.3. The van der Waals surface area contributed by atoms with E-state index in [1.807, 2.05) is 0 Å². The van der Waals surface area contributed by atoms with Crippen molar-refractivity contribution in [3.05, 3.63) is 47.7 Å². The second-order valence-corrected chi connectivity index (χ2v) is 4.12. The first-order valence-corrected chi connectivity index (χ1v) is 5.64. The quantitative estimate of drug-likeness (QED) is 0.618. The number of benzene rings is 1. The Labute approximate surface area is 90.0 Å². The van der Waals surface area contributed by atoms with Gasteiger partial charge in [-0.05, 0) is 42.3 Å².